The van der Waals surface area contributed by atoms with Crippen LogP contribution < -0.4 is 10.0 Å². The zero-order valence-electron chi connectivity index (χ0n) is 10.8. The summed E-state index contributed by atoms with van der Waals surface area (Å²) in [5.41, 5.74) is 3.28. The lowest BCUT2D eigenvalue weighted by molar-refractivity contribution is 0.684. The van der Waals surface area contributed by atoms with Crippen molar-refractivity contribution in [1.82, 2.24) is 4.98 Å². The van der Waals surface area contributed by atoms with Crippen molar-refractivity contribution < 1.29 is 4.21 Å². The summed E-state index contributed by atoms with van der Waals surface area (Å²) in [7, 11) is -1.42. The van der Waals surface area contributed by atoms with Crippen molar-refractivity contribution in [3.8, 4) is 0 Å². The Morgan fingerprint density at radius 3 is 2.95 bits per heavy atom. The molecule has 2 heterocycles. The molecule has 0 aliphatic carbocycles. The van der Waals surface area contributed by atoms with E-state index in [-0.39, 0.29) is 0 Å². The Bertz CT molecular complexity index is 677. The zero-order chi connectivity index (χ0) is 14.1. The lowest BCUT2D eigenvalue weighted by Crippen LogP contribution is -2.20. The van der Waals surface area contributed by atoms with E-state index >= 15 is 0 Å². The van der Waals surface area contributed by atoms with Gasteiger partial charge < -0.3 is 4.90 Å². The van der Waals surface area contributed by atoms with Crippen LogP contribution in [0.4, 0.5) is 5.69 Å². The molecule has 1 aromatic carbocycles. The van der Waals surface area contributed by atoms with Crippen molar-refractivity contribution in [2.45, 2.75) is 17.9 Å². The number of benzene rings is 1. The highest BCUT2D eigenvalue weighted by Gasteiger charge is 2.20. The molecule has 2 N–H and O–H groups in total. The molecule has 1 atom stereocenters. The molecule has 0 amide bonds. The van der Waals surface area contributed by atoms with Crippen LogP contribution >= 0.6 is 11.6 Å². The molecular formula is C14H14ClN3OS. The largest absolute Gasteiger partial charge is 0.365 e. The van der Waals surface area contributed by atoms with Gasteiger partial charge in [0.05, 0.1) is 17.1 Å². The maximum Gasteiger partial charge on any atom is 0.129 e. The number of rotatable bonds is 3. The van der Waals surface area contributed by atoms with Crippen LogP contribution in [-0.2, 0) is 24.0 Å². The molecule has 0 saturated heterocycles. The van der Waals surface area contributed by atoms with Crippen LogP contribution in [-0.4, -0.2) is 15.7 Å². The number of fused-ring (bicyclic) bond motifs is 1. The molecule has 0 fully saturated rings. The van der Waals surface area contributed by atoms with Crippen molar-refractivity contribution in [1.29, 1.82) is 0 Å². The summed E-state index contributed by atoms with van der Waals surface area (Å²) in [5, 5.41) is 5.93. The fraction of sp³-hybridized carbons (Fsp3) is 0.214. The summed E-state index contributed by atoms with van der Waals surface area (Å²) < 4.78 is 11.3. The molecular weight excluding hydrogens is 294 g/mol. The number of halogens is 1. The van der Waals surface area contributed by atoms with Gasteiger partial charge in [0.2, 0.25) is 0 Å². The summed E-state index contributed by atoms with van der Waals surface area (Å²) in [6, 6.07) is 11.4. The van der Waals surface area contributed by atoms with Gasteiger partial charge in [-0.15, -0.1) is 0 Å². The fourth-order valence-corrected chi connectivity index (χ4v) is 3.11. The normalized spacial score (nSPS) is 15.2. The fourth-order valence-electron chi connectivity index (χ4n) is 2.47. The molecule has 6 heteroatoms. The van der Waals surface area contributed by atoms with Crippen molar-refractivity contribution in [3.05, 3.63) is 52.8 Å². The minimum absolute atomic E-state index is 0.510. The van der Waals surface area contributed by atoms with Gasteiger partial charge in [0.25, 0.3) is 0 Å². The van der Waals surface area contributed by atoms with Gasteiger partial charge in [-0.1, -0.05) is 17.7 Å². The number of anilines is 1. The lowest BCUT2D eigenvalue weighted by atomic mass is 10.2. The van der Waals surface area contributed by atoms with Crippen LogP contribution in [0.3, 0.4) is 0 Å². The van der Waals surface area contributed by atoms with E-state index < -0.39 is 11.0 Å². The van der Waals surface area contributed by atoms with Gasteiger partial charge >= 0.3 is 0 Å². The van der Waals surface area contributed by atoms with Crippen LogP contribution in [0.25, 0.3) is 0 Å². The summed E-state index contributed by atoms with van der Waals surface area (Å²) in [5.74, 6) is 0. The van der Waals surface area contributed by atoms with E-state index in [1.165, 1.54) is 5.56 Å². The Morgan fingerprint density at radius 2 is 2.20 bits per heavy atom. The summed E-state index contributed by atoms with van der Waals surface area (Å²) in [4.78, 5) is 7.23. The van der Waals surface area contributed by atoms with E-state index in [9.17, 15) is 4.21 Å². The molecule has 1 aromatic heterocycles. The van der Waals surface area contributed by atoms with E-state index in [4.69, 9.17) is 16.7 Å². The molecule has 0 bridgehead atoms. The van der Waals surface area contributed by atoms with E-state index in [1.807, 2.05) is 30.3 Å². The molecule has 1 aliphatic heterocycles. The Hall–Kier alpha value is -1.43. The molecule has 20 heavy (non-hydrogen) atoms. The first kappa shape index (κ1) is 13.5. The second-order valence-corrected chi connectivity index (χ2v) is 6.16. The third kappa shape index (κ3) is 2.70. The van der Waals surface area contributed by atoms with Gasteiger partial charge in [0.1, 0.15) is 16.1 Å². The monoisotopic (exact) mass is 307 g/mol. The zero-order valence-corrected chi connectivity index (χ0v) is 12.3. The van der Waals surface area contributed by atoms with Crippen molar-refractivity contribution in [2.24, 2.45) is 5.14 Å². The van der Waals surface area contributed by atoms with E-state index in [1.54, 1.807) is 6.07 Å². The minimum atomic E-state index is -1.42. The van der Waals surface area contributed by atoms with Crippen molar-refractivity contribution in [3.63, 3.8) is 0 Å². The minimum Gasteiger partial charge on any atom is -0.365 e. The van der Waals surface area contributed by atoms with Crippen molar-refractivity contribution >= 4 is 28.3 Å². The number of hydrogen-bond donors (Lipinski definition) is 1. The number of aromatic nitrogens is 1. The second kappa shape index (κ2) is 5.52. The number of hydrogen-bond acceptors (Lipinski definition) is 3. The van der Waals surface area contributed by atoms with Gasteiger partial charge in [-0.05, 0) is 42.3 Å². The molecule has 0 spiro atoms. The summed E-state index contributed by atoms with van der Waals surface area (Å²) in [6.07, 6.45) is 0.931. The standard InChI is InChI=1S/C14H14ClN3OS/c15-14-3-1-2-11(17-14)9-18-7-6-10-8-12(20(16)19)4-5-13(10)18/h1-5,8H,6-7,9,16H2. The average molecular weight is 308 g/mol. The first-order valence-electron chi connectivity index (χ1n) is 6.29. The Kier molecular flexibility index (Phi) is 3.74. The van der Waals surface area contributed by atoms with Crippen LogP contribution in [0.5, 0.6) is 0 Å². The van der Waals surface area contributed by atoms with Crippen LogP contribution in [0.1, 0.15) is 11.3 Å². The Balaban J connectivity index is 1.84. The predicted molar refractivity (Wildman–Crippen MR) is 81.0 cm³/mol. The Morgan fingerprint density at radius 1 is 1.35 bits per heavy atom. The first-order valence-corrected chi connectivity index (χ1v) is 7.88. The topological polar surface area (TPSA) is 59.2 Å². The maximum absolute atomic E-state index is 11.3. The number of pyridine rings is 1. The van der Waals surface area contributed by atoms with Crippen molar-refractivity contribution in [2.75, 3.05) is 11.4 Å². The highest BCUT2D eigenvalue weighted by Crippen LogP contribution is 2.30. The van der Waals surface area contributed by atoms with Gasteiger partial charge in [-0.25, -0.2) is 14.3 Å². The summed E-state index contributed by atoms with van der Waals surface area (Å²) >= 11 is 5.91. The molecule has 3 rings (SSSR count). The smallest absolute Gasteiger partial charge is 0.129 e. The molecule has 1 aliphatic rings. The van der Waals surface area contributed by atoms with E-state index in [0.717, 1.165) is 30.9 Å². The maximum atomic E-state index is 11.3. The van der Waals surface area contributed by atoms with Crippen LogP contribution in [0.2, 0.25) is 5.15 Å². The number of nitrogens with two attached hydrogens (primary N) is 1. The third-order valence-corrected chi connectivity index (χ3v) is 4.33. The lowest BCUT2D eigenvalue weighted by Gasteiger charge is -2.19. The Labute approximate surface area is 125 Å². The van der Waals surface area contributed by atoms with E-state index in [0.29, 0.717) is 10.0 Å². The quantitative estimate of drug-likeness (QED) is 0.885. The van der Waals surface area contributed by atoms with Crippen LogP contribution in [0.15, 0.2) is 41.3 Å². The SMILES string of the molecule is NS(=O)c1ccc2c(c1)CCN2Cc1cccc(Cl)n1. The highest BCUT2D eigenvalue weighted by atomic mass is 35.5. The van der Waals surface area contributed by atoms with Gasteiger partial charge in [0, 0.05) is 12.2 Å². The van der Waals surface area contributed by atoms with Gasteiger partial charge in [-0.2, -0.15) is 0 Å². The molecule has 104 valence electrons. The van der Waals surface area contributed by atoms with Crippen LogP contribution in [0, 0.1) is 0 Å². The molecule has 4 nitrogen and oxygen atoms in total. The highest BCUT2D eigenvalue weighted by molar-refractivity contribution is 7.82. The predicted octanol–water partition coefficient (Wildman–Crippen LogP) is 2.28. The average Bonchev–Trinajstić information content (AvgIpc) is 2.81. The third-order valence-electron chi connectivity index (χ3n) is 3.40. The molecule has 0 saturated carbocycles. The molecule has 2 aromatic rings. The molecule has 0 radical (unpaired) electrons. The second-order valence-electron chi connectivity index (χ2n) is 4.71. The van der Waals surface area contributed by atoms with E-state index in [2.05, 4.69) is 9.88 Å². The summed E-state index contributed by atoms with van der Waals surface area (Å²) in [6.45, 7) is 1.64. The van der Waals surface area contributed by atoms with Gasteiger partial charge in [0.15, 0.2) is 0 Å². The number of nitrogens with zero attached hydrogens (tertiary/aromatic N) is 2. The van der Waals surface area contributed by atoms with Gasteiger partial charge in [-0.3, -0.25) is 0 Å². The molecule has 1 unspecified atom stereocenters. The first-order chi connectivity index (χ1) is 9.63.